The van der Waals surface area contributed by atoms with E-state index >= 15 is 0 Å². The Balaban J connectivity index is 1.49. The Morgan fingerprint density at radius 2 is 1.61 bits per heavy atom. The number of carbonyl (C=O) groups excluding carboxylic acids is 1. The highest BCUT2D eigenvalue weighted by Crippen LogP contribution is 2.16. The molecule has 4 heteroatoms. The van der Waals surface area contributed by atoms with Crippen LogP contribution >= 0.6 is 0 Å². The molecular formula is C24H31N3O. The average molecular weight is 378 g/mol. The molecule has 0 aliphatic carbocycles. The van der Waals surface area contributed by atoms with Gasteiger partial charge in [-0.15, -0.1) is 0 Å². The molecule has 1 amide bonds. The van der Waals surface area contributed by atoms with Crippen LogP contribution in [0.5, 0.6) is 0 Å². The van der Waals surface area contributed by atoms with Crippen molar-refractivity contribution in [2.75, 3.05) is 31.1 Å². The summed E-state index contributed by atoms with van der Waals surface area (Å²) >= 11 is 0. The summed E-state index contributed by atoms with van der Waals surface area (Å²) in [6, 6.07) is 18.7. The Hall–Kier alpha value is -2.59. The van der Waals surface area contributed by atoms with Crippen molar-refractivity contribution >= 4 is 17.7 Å². The van der Waals surface area contributed by atoms with Crippen LogP contribution in [0.4, 0.5) is 5.69 Å². The van der Waals surface area contributed by atoms with Crippen molar-refractivity contribution in [2.45, 2.75) is 32.9 Å². The van der Waals surface area contributed by atoms with Gasteiger partial charge in [-0.25, -0.2) is 0 Å². The molecule has 1 heterocycles. The average Bonchev–Trinajstić information content (AvgIpc) is 2.71. The molecule has 3 rings (SSSR count). The molecule has 1 fully saturated rings. The Bertz CT molecular complexity index is 783. The predicted molar refractivity (Wildman–Crippen MR) is 117 cm³/mol. The van der Waals surface area contributed by atoms with Crippen LogP contribution in [-0.4, -0.2) is 42.5 Å². The van der Waals surface area contributed by atoms with Gasteiger partial charge >= 0.3 is 0 Å². The second kappa shape index (κ2) is 9.07. The molecule has 28 heavy (non-hydrogen) atoms. The van der Waals surface area contributed by atoms with Gasteiger partial charge in [-0.2, -0.15) is 0 Å². The van der Waals surface area contributed by atoms with Crippen LogP contribution in [0.3, 0.4) is 0 Å². The molecule has 0 aromatic heterocycles. The van der Waals surface area contributed by atoms with Crippen molar-refractivity contribution in [3.8, 4) is 0 Å². The number of para-hydroxylation sites is 1. The largest absolute Gasteiger partial charge is 0.368 e. The Labute approximate surface area is 168 Å². The van der Waals surface area contributed by atoms with E-state index in [1.54, 1.807) is 6.08 Å². The smallest absolute Gasteiger partial charge is 0.246 e. The second-order valence-electron chi connectivity index (χ2n) is 8.33. The van der Waals surface area contributed by atoms with Gasteiger partial charge in [0.05, 0.1) is 0 Å². The molecule has 0 saturated carbocycles. The number of hydrogen-bond donors (Lipinski definition) is 1. The first kappa shape index (κ1) is 20.2. The summed E-state index contributed by atoms with van der Waals surface area (Å²) in [6.45, 7) is 10.6. The molecule has 0 atom stereocenters. The molecule has 0 spiro atoms. The maximum atomic E-state index is 12.5. The Morgan fingerprint density at radius 3 is 2.21 bits per heavy atom. The molecule has 1 aliphatic rings. The number of anilines is 1. The standard InChI is InChI=1S/C24H31N3O/c1-24(2,3)25-19-21-11-9-20(10-12-21)13-14-23(28)27-17-15-26(16-18-27)22-7-5-4-6-8-22/h4-14,25H,15-19H2,1-3H3/b14-13+. The highest BCUT2D eigenvalue weighted by atomic mass is 16.2. The molecule has 0 radical (unpaired) electrons. The molecule has 1 N–H and O–H groups in total. The van der Waals surface area contributed by atoms with Gasteiger partial charge in [0.25, 0.3) is 0 Å². The van der Waals surface area contributed by atoms with Crippen molar-refractivity contribution in [2.24, 2.45) is 0 Å². The van der Waals surface area contributed by atoms with Gasteiger partial charge in [-0.3, -0.25) is 4.79 Å². The third-order valence-corrected chi connectivity index (χ3v) is 4.93. The molecule has 2 aromatic rings. The lowest BCUT2D eigenvalue weighted by atomic mass is 10.1. The molecule has 0 unspecified atom stereocenters. The highest BCUT2D eigenvalue weighted by molar-refractivity contribution is 5.92. The number of carbonyl (C=O) groups is 1. The van der Waals surface area contributed by atoms with Crippen molar-refractivity contribution in [1.29, 1.82) is 0 Å². The SMILES string of the molecule is CC(C)(C)NCc1ccc(/C=C/C(=O)N2CCN(c3ccccc3)CC2)cc1. The highest BCUT2D eigenvalue weighted by Gasteiger charge is 2.19. The Kier molecular flexibility index (Phi) is 6.53. The van der Waals surface area contributed by atoms with E-state index < -0.39 is 0 Å². The van der Waals surface area contributed by atoms with Crippen molar-refractivity contribution in [1.82, 2.24) is 10.2 Å². The van der Waals surface area contributed by atoms with E-state index in [2.05, 4.69) is 79.5 Å². The zero-order valence-electron chi connectivity index (χ0n) is 17.2. The molecule has 148 valence electrons. The maximum absolute atomic E-state index is 12.5. The number of piperazine rings is 1. The third kappa shape index (κ3) is 5.96. The minimum atomic E-state index is 0.0891. The van der Waals surface area contributed by atoms with Crippen LogP contribution in [0.2, 0.25) is 0 Å². The van der Waals surface area contributed by atoms with Crippen LogP contribution < -0.4 is 10.2 Å². The predicted octanol–water partition coefficient (Wildman–Crippen LogP) is 3.94. The zero-order valence-corrected chi connectivity index (χ0v) is 17.2. The zero-order chi connectivity index (χ0) is 20.0. The van der Waals surface area contributed by atoms with E-state index in [0.29, 0.717) is 0 Å². The number of rotatable bonds is 5. The normalized spacial score (nSPS) is 15.2. The maximum Gasteiger partial charge on any atom is 0.246 e. The van der Waals surface area contributed by atoms with Gasteiger partial charge in [-0.05, 0) is 50.1 Å². The molecule has 1 aliphatic heterocycles. The molecule has 0 bridgehead atoms. The molecular weight excluding hydrogens is 346 g/mol. The lowest BCUT2D eigenvalue weighted by Crippen LogP contribution is -2.48. The summed E-state index contributed by atoms with van der Waals surface area (Å²) in [5, 5.41) is 3.48. The number of amides is 1. The first-order chi connectivity index (χ1) is 13.4. The van der Waals surface area contributed by atoms with Gasteiger partial charge in [0.15, 0.2) is 0 Å². The van der Waals surface area contributed by atoms with Crippen molar-refractivity contribution < 1.29 is 4.79 Å². The van der Waals surface area contributed by atoms with Gasteiger partial charge in [0.2, 0.25) is 5.91 Å². The molecule has 4 nitrogen and oxygen atoms in total. The van der Waals surface area contributed by atoms with Gasteiger partial charge in [-0.1, -0.05) is 42.5 Å². The summed E-state index contributed by atoms with van der Waals surface area (Å²) < 4.78 is 0. The summed E-state index contributed by atoms with van der Waals surface area (Å²) in [7, 11) is 0. The Morgan fingerprint density at radius 1 is 0.964 bits per heavy atom. The number of hydrogen-bond acceptors (Lipinski definition) is 3. The number of nitrogens with one attached hydrogen (secondary N) is 1. The van der Waals surface area contributed by atoms with Gasteiger partial charge < -0.3 is 15.1 Å². The van der Waals surface area contributed by atoms with Crippen LogP contribution in [-0.2, 0) is 11.3 Å². The van der Waals surface area contributed by atoms with E-state index in [9.17, 15) is 4.79 Å². The fourth-order valence-electron chi connectivity index (χ4n) is 3.21. The van der Waals surface area contributed by atoms with E-state index in [1.165, 1.54) is 11.3 Å². The minimum Gasteiger partial charge on any atom is -0.368 e. The second-order valence-corrected chi connectivity index (χ2v) is 8.33. The van der Waals surface area contributed by atoms with Gasteiger partial charge in [0, 0.05) is 50.0 Å². The van der Waals surface area contributed by atoms with Crippen LogP contribution in [0, 0.1) is 0 Å². The number of benzene rings is 2. The first-order valence-electron chi connectivity index (χ1n) is 10.0. The van der Waals surface area contributed by atoms with E-state index in [-0.39, 0.29) is 11.4 Å². The van der Waals surface area contributed by atoms with E-state index in [1.807, 2.05) is 17.0 Å². The van der Waals surface area contributed by atoms with Crippen LogP contribution in [0.15, 0.2) is 60.7 Å². The lowest BCUT2D eigenvalue weighted by molar-refractivity contribution is -0.126. The van der Waals surface area contributed by atoms with E-state index in [4.69, 9.17) is 0 Å². The quantitative estimate of drug-likeness (QED) is 0.802. The number of nitrogens with zero attached hydrogens (tertiary/aromatic N) is 2. The van der Waals surface area contributed by atoms with Crippen LogP contribution in [0.1, 0.15) is 31.9 Å². The third-order valence-electron chi connectivity index (χ3n) is 4.93. The van der Waals surface area contributed by atoms with Gasteiger partial charge in [0.1, 0.15) is 0 Å². The monoisotopic (exact) mass is 377 g/mol. The summed E-state index contributed by atoms with van der Waals surface area (Å²) in [4.78, 5) is 16.8. The summed E-state index contributed by atoms with van der Waals surface area (Å²) in [5.41, 5.74) is 3.63. The fraction of sp³-hybridized carbons (Fsp3) is 0.375. The minimum absolute atomic E-state index is 0.0891. The summed E-state index contributed by atoms with van der Waals surface area (Å²) in [5.74, 6) is 0.0891. The molecule has 1 saturated heterocycles. The van der Waals surface area contributed by atoms with Crippen LogP contribution in [0.25, 0.3) is 6.08 Å². The summed E-state index contributed by atoms with van der Waals surface area (Å²) in [6.07, 6.45) is 3.60. The molecule has 2 aromatic carbocycles. The van der Waals surface area contributed by atoms with Crippen molar-refractivity contribution in [3.63, 3.8) is 0 Å². The van der Waals surface area contributed by atoms with Crippen molar-refractivity contribution in [3.05, 3.63) is 71.8 Å². The first-order valence-corrected chi connectivity index (χ1v) is 10.0. The van der Waals surface area contributed by atoms with E-state index in [0.717, 1.165) is 38.3 Å². The lowest BCUT2D eigenvalue weighted by Gasteiger charge is -2.35. The fourth-order valence-corrected chi connectivity index (χ4v) is 3.21. The topological polar surface area (TPSA) is 35.6 Å².